The minimum absolute atomic E-state index is 0.571. The van der Waals surface area contributed by atoms with Gasteiger partial charge in [0.1, 0.15) is 5.82 Å². The van der Waals surface area contributed by atoms with Crippen LogP contribution < -0.4 is 4.90 Å². The van der Waals surface area contributed by atoms with Gasteiger partial charge >= 0.3 is 0 Å². The van der Waals surface area contributed by atoms with E-state index in [4.69, 9.17) is 6.57 Å². The number of benzene rings is 1. The molecule has 1 heterocycles. The normalized spacial score (nSPS) is 9.65. The molecule has 0 saturated heterocycles. The Labute approximate surface area is 101 Å². The van der Waals surface area contributed by atoms with Gasteiger partial charge in [0.05, 0.1) is 6.57 Å². The van der Waals surface area contributed by atoms with E-state index in [0.717, 1.165) is 12.4 Å². The standard InChI is InChI=1S/C14H13N3/c1-15-13-8-9-14(16-10-13)17(2)11-12-6-4-3-5-7-12/h3-10H,11H2,2H3. The van der Waals surface area contributed by atoms with E-state index in [1.807, 2.05) is 31.3 Å². The van der Waals surface area contributed by atoms with Crippen molar-refractivity contribution in [2.75, 3.05) is 11.9 Å². The topological polar surface area (TPSA) is 20.5 Å². The first-order valence-electron chi connectivity index (χ1n) is 5.38. The van der Waals surface area contributed by atoms with E-state index in [-0.39, 0.29) is 0 Å². The highest BCUT2D eigenvalue weighted by Crippen LogP contribution is 2.16. The molecule has 3 heteroatoms. The highest BCUT2D eigenvalue weighted by Gasteiger charge is 2.02. The van der Waals surface area contributed by atoms with Gasteiger partial charge in [0, 0.05) is 19.8 Å². The zero-order valence-corrected chi connectivity index (χ0v) is 9.67. The molecule has 0 spiro atoms. The maximum absolute atomic E-state index is 6.87. The number of aromatic nitrogens is 1. The number of hydrogen-bond donors (Lipinski definition) is 0. The van der Waals surface area contributed by atoms with Crippen molar-refractivity contribution in [3.8, 4) is 0 Å². The Hall–Kier alpha value is -2.34. The Balaban J connectivity index is 2.10. The van der Waals surface area contributed by atoms with E-state index in [1.54, 1.807) is 12.3 Å². The first kappa shape index (κ1) is 11.2. The maximum Gasteiger partial charge on any atom is 0.205 e. The lowest BCUT2D eigenvalue weighted by Crippen LogP contribution is -2.17. The Morgan fingerprint density at radius 1 is 1.18 bits per heavy atom. The molecule has 0 N–H and O–H groups in total. The lowest BCUT2D eigenvalue weighted by atomic mass is 10.2. The SMILES string of the molecule is [C-]#[N+]c1ccc(N(C)Cc2ccccc2)nc1. The van der Waals surface area contributed by atoms with Crippen LogP contribution >= 0.6 is 0 Å². The van der Waals surface area contributed by atoms with Gasteiger partial charge in [-0.05, 0) is 11.6 Å². The summed E-state index contributed by atoms with van der Waals surface area (Å²) >= 11 is 0. The zero-order chi connectivity index (χ0) is 12.1. The van der Waals surface area contributed by atoms with Crippen LogP contribution in [0.5, 0.6) is 0 Å². The van der Waals surface area contributed by atoms with Crippen LogP contribution in [0, 0.1) is 6.57 Å². The van der Waals surface area contributed by atoms with Gasteiger partial charge in [-0.1, -0.05) is 36.4 Å². The Morgan fingerprint density at radius 3 is 2.53 bits per heavy atom. The summed E-state index contributed by atoms with van der Waals surface area (Å²) in [6.45, 7) is 7.68. The molecule has 0 aliphatic rings. The van der Waals surface area contributed by atoms with Crippen LogP contribution in [0.2, 0.25) is 0 Å². The van der Waals surface area contributed by atoms with E-state index < -0.39 is 0 Å². The number of hydrogen-bond acceptors (Lipinski definition) is 2. The molecule has 2 rings (SSSR count). The van der Waals surface area contributed by atoms with E-state index in [1.165, 1.54) is 5.56 Å². The van der Waals surface area contributed by atoms with Gasteiger partial charge in [0.2, 0.25) is 5.69 Å². The molecule has 0 aliphatic carbocycles. The molecule has 17 heavy (non-hydrogen) atoms. The smallest absolute Gasteiger partial charge is 0.205 e. The second kappa shape index (κ2) is 5.13. The molecule has 0 fully saturated rings. The fraction of sp³-hybridized carbons (Fsp3) is 0.143. The molecular formula is C14H13N3. The Kier molecular flexibility index (Phi) is 3.37. The van der Waals surface area contributed by atoms with Crippen molar-refractivity contribution in [2.45, 2.75) is 6.54 Å². The predicted molar refractivity (Wildman–Crippen MR) is 69.0 cm³/mol. The third-order valence-electron chi connectivity index (χ3n) is 2.52. The Morgan fingerprint density at radius 2 is 1.94 bits per heavy atom. The lowest BCUT2D eigenvalue weighted by Gasteiger charge is -2.18. The molecule has 0 unspecified atom stereocenters. The zero-order valence-electron chi connectivity index (χ0n) is 9.67. The molecule has 1 aromatic carbocycles. The number of pyridine rings is 1. The highest BCUT2D eigenvalue weighted by atomic mass is 15.2. The lowest BCUT2D eigenvalue weighted by molar-refractivity contribution is 0.899. The maximum atomic E-state index is 6.87. The second-order valence-corrected chi connectivity index (χ2v) is 3.83. The van der Waals surface area contributed by atoms with Crippen molar-refractivity contribution in [1.29, 1.82) is 0 Å². The predicted octanol–water partition coefficient (Wildman–Crippen LogP) is 3.27. The monoisotopic (exact) mass is 223 g/mol. The summed E-state index contributed by atoms with van der Waals surface area (Å²) in [6.07, 6.45) is 1.60. The van der Waals surface area contributed by atoms with Crippen molar-refractivity contribution >= 4 is 11.5 Å². The van der Waals surface area contributed by atoms with Crippen molar-refractivity contribution < 1.29 is 0 Å². The van der Waals surface area contributed by atoms with Gasteiger partial charge < -0.3 is 4.90 Å². The minimum atomic E-state index is 0.571. The van der Waals surface area contributed by atoms with Crippen LogP contribution in [-0.4, -0.2) is 12.0 Å². The van der Waals surface area contributed by atoms with Gasteiger partial charge in [-0.15, -0.1) is 0 Å². The summed E-state index contributed by atoms with van der Waals surface area (Å²) in [7, 11) is 1.99. The molecule has 0 amide bonds. The van der Waals surface area contributed by atoms with Gasteiger partial charge in [-0.25, -0.2) is 4.85 Å². The largest absolute Gasteiger partial charge is 0.355 e. The molecule has 0 saturated carbocycles. The number of nitrogens with zero attached hydrogens (tertiary/aromatic N) is 3. The summed E-state index contributed by atoms with van der Waals surface area (Å²) in [5, 5.41) is 0. The van der Waals surface area contributed by atoms with Crippen LogP contribution in [0.15, 0.2) is 48.7 Å². The van der Waals surface area contributed by atoms with Crippen LogP contribution in [0.3, 0.4) is 0 Å². The average molecular weight is 223 g/mol. The van der Waals surface area contributed by atoms with Crippen LogP contribution in [0.1, 0.15) is 5.56 Å². The fourth-order valence-electron chi connectivity index (χ4n) is 1.61. The minimum Gasteiger partial charge on any atom is -0.355 e. The second-order valence-electron chi connectivity index (χ2n) is 3.83. The van der Waals surface area contributed by atoms with Crippen LogP contribution in [-0.2, 0) is 6.54 Å². The molecule has 84 valence electrons. The molecule has 0 aliphatic heterocycles. The van der Waals surface area contributed by atoms with Gasteiger partial charge in [0.25, 0.3) is 0 Å². The van der Waals surface area contributed by atoms with Crippen molar-refractivity contribution in [3.63, 3.8) is 0 Å². The summed E-state index contributed by atoms with van der Waals surface area (Å²) < 4.78 is 0. The molecule has 2 aromatic rings. The van der Waals surface area contributed by atoms with Crippen molar-refractivity contribution in [3.05, 3.63) is 65.6 Å². The molecule has 0 atom stereocenters. The fourth-order valence-corrected chi connectivity index (χ4v) is 1.61. The molecule has 0 radical (unpaired) electrons. The van der Waals surface area contributed by atoms with Crippen molar-refractivity contribution in [2.24, 2.45) is 0 Å². The van der Waals surface area contributed by atoms with Gasteiger partial charge in [-0.2, -0.15) is 0 Å². The number of anilines is 1. The highest BCUT2D eigenvalue weighted by molar-refractivity contribution is 5.49. The molecule has 3 nitrogen and oxygen atoms in total. The van der Waals surface area contributed by atoms with Crippen molar-refractivity contribution in [1.82, 2.24) is 4.98 Å². The summed E-state index contributed by atoms with van der Waals surface area (Å²) in [4.78, 5) is 9.64. The quantitative estimate of drug-likeness (QED) is 0.744. The van der Waals surface area contributed by atoms with E-state index in [2.05, 4.69) is 26.9 Å². The Bertz CT molecular complexity index is 511. The summed E-state index contributed by atoms with van der Waals surface area (Å²) in [5.41, 5.74) is 1.81. The summed E-state index contributed by atoms with van der Waals surface area (Å²) in [6, 6.07) is 13.9. The first-order chi connectivity index (χ1) is 8.29. The van der Waals surface area contributed by atoms with E-state index in [9.17, 15) is 0 Å². The van der Waals surface area contributed by atoms with Gasteiger partial charge in [-0.3, -0.25) is 4.98 Å². The molecule has 0 bridgehead atoms. The molecular weight excluding hydrogens is 210 g/mol. The van der Waals surface area contributed by atoms with Gasteiger partial charge in [0.15, 0.2) is 0 Å². The molecule has 1 aromatic heterocycles. The first-order valence-corrected chi connectivity index (χ1v) is 5.38. The van der Waals surface area contributed by atoms with E-state index >= 15 is 0 Å². The van der Waals surface area contributed by atoms with Crippen LogP contribution in [0.25, 0.3) is 4.85 Å². The third-order valence-corrected chi connectivity index (χ3v) is 2.52. The summed E-state index contributed by atoms with van der Waals surface area (Å²) in [5.74, 6) is 0.876. The third kappa shape index (κ3) is 2.82. The number of rotatable bonds is 3. The average Bonchev–Trinajstić information content (AvgIpc) is 2.40. The van der Waals surface area contributed by atoms with Crippen LogP contribution in [0.4, 0.5) is 11.5 Å². The van der Waals surface area contributed by atoms with E-state index in [0.29, 0.717) is 5.69 Å².